The molecule has 0 atom stereocenters. The van der Waals surface area contributed by atoms with Crippen LogP contribution in [0.4, 0.5) is 0 Å². The van der Waals surface area contributed by atoms with Gasteiger partial charge in [0.15, 0.2) is 0 Å². The first kappa shape index (κ1) is 16.6. The summed E-state index contributed by atoms with van der Waals surface area (Å²) in [6.07, 6.45) is 5.13. The van der Waals surface area contributed by atoms with Crippen LogP contribution in [0.1, 0.15) is 52.0 Å². The van der Waals surface area contributed by atoms with Gasteiger partial charge in [0.25, 0.3) is 0 Å². The summed E-state index contributed by atoms with van der Waals surface area (Å²) in [5, 5.41) is 4.21. The SMILES string of the molecule is CC(C)CNCc1cccc(Cl)c1OC1CCC(C)CC1. The Morgan fingerprint density at radius 2 is 1.95 bits per heavy atom. The minimum absolute atomic E-state index is 0.324. The third-order valence-electron chi connectivity index (χ3n) is 4.16. The van der Waals surface area contributed by atoms with Gasteiger partial charge in [-0.05, 0) is 50.1 Å². The smallest absolute Gasteiger partial charge is 0.142 e. The average molecular weight is 310 g/mol. The van der Waals surface area contributed by atoms with Crippen molar-refractivity contribution in [2.75, 3.05) is 6.54 Å². The molecule has 0 spiro atoms. The van der Waals surface area contributed by atoms with Crippen LogP contribution in [0.25, 0.3) is 0 Å². The van der Waals surface area contributed by atoms with Crippen LogP contribution >= 0.6 is 11.6 Å². The molecule has 2 rings (SSSR count). The lowest BCUT2D eigenvalue weighted by molar-refractivity contribution is 0.134. The van der Waals surface area contributed by atoms with Gasteiger partial charge in [-0.25, -0.2) is 0 Å². The van der Waals surface area contributed by atoms with E-state index in [9.17, 15) is 0 Å². The van der Waals surface area contributed by atoms with Gasteiger partial charge < -0.3 is 10.1 Å². The fraction of sp³-hybridized carbons (Fsp3) is 0.667. The summed E-state index contributed by atoms with van der Waals surface area (Å²) in [4.78, 5) is 0. The largest absolute Gasteiger partial charge is 0.489 e. The quantitative estimate of drug-likeness (QED) is 0.794. The Bertz CT molecular complexity index is 439. The van der Waals surface area contributed by atoms with Crippen LogP contribution in [-0.4, -0.2) is 12.6 Å². The van der Waals surface area contributed by atoms with Crippen LogP contribution in [0.5, 0.6) is 5.75 Å². The molecule has 0 aromatic heterocycles. The minimum atomic E-state index is 0.324. The number of nitrogens with one attached hydrogen (secondary N) is 1. The zero-order valence-corrected chi connectivity index (χ0v) is 14.2. The summed E-state index contributed by atoms with van der Waals surface area (Å²) in [6, 6.07) is 6.04. The van der Waals surface area contributed by atoms with Gasteiger partial charge in [0.2, 0.25) is 0 Å². The fourth-order valence-electron chi connectivity index (χ4n) is 2.83. The third-order valence-corrected chi connectivity index (χ3v) is 4.46. The van der Waals surface area contributed by atoms with Crippen molar-refractivity contribution in [1.82, 2.24) is 5.32 Å². The topological polar surface area (TPSA) is 21.3 Å². The van der Waals surface area contributed by atoms with Crippen LogP contribution < -0.4 is 10.1 Å². The van der Waals surface area contributed by atoms with E-state index in [0.29, 0.717) is 12.0 Å². The Morgan fingerprint density at radius 1 is 1.24 bits per heavy atom. The Labute approximate surface area is 134 Å². The zero-order chi connectivity index (χ0) is 15.2. The van der Waals surface area contributed by atoms with Crippen LogP contribution in [0.15, 0.2) is 18.2 Å². The lowest BCUT2D eigenvalue weighted by Crippen LogP contribution is -2.24. The highest BCUT2D eigenvalue weighted by Crippen LogP contribution is 2.33. The summed E-state index contributed by atoms with van der Waals surface area (Å²) < 4.78 is 6.25. The highest BCUT2D eigenvalue weighted by atomic mass is 35.5. The molecule has 1 N–H and O–H groups in total. The van der Waals surface area contributed by atoms with Crippen molar-refractivity contribution in [1.29, 1.82) is 0 Å². The van der Waals surface area contributed by atoms with Gasteiger partial charge in [-0.3, -0.25) is 0 Å². The van der Waals surface area contributed by atoms with E-state index in [0.717, 1.165) is 42.6 Å². The van der Waals surface area contributed by atoms with Crippen molar-refractivity contribution in [3.8, 4) is 5.75 Å². The van der Waals surface area contributed by atoms with E-state index >= 15 is 0 Å². The molecule has 0 aliphatic heterocycles. The summed E-state index contributed by atoms with van der Waals surface area (Å²) in [5.41, 5.74) is 1.17. The maximum Gasteiger partial charge on any atom is 0.142 e. The van der Waals surface area contributed by atoms with E-state index in [1.165, 1.54) is 18.4 Å². The van der Waals surface area contributed by atoms with Crippen molar-refractivity contribution in [3.63, 3.8) is 0 Å². The maximum absolute atomic E-state index is 6.37. The summed E-state index contributed by atoms with van der Waals surface area (Å²) in [6.45, 7) is 8.58. The molecule has 1 fully saturated rings. The van der Waals surface area contributed by atoms with E-state index < -0.39 is 0 Å². The molecule has 1 aliphatic carbocycles. The van der Waals surface area contributed by atoms with Crippen LogP contribution in [0.2, 0.25) is 5.02 Å². The molecule has 2 nitrogen and oxygen atoms in total. The molecule has 21 heavy (non-hydrogen) atoms. The molecule has 0 bridgehead atoms. The normalized spacial score (nSPS) is 22.5. The van der Waals surface area contributed by atoms with E-state index in [1.54, 1.807) is 0 Å². The number of benzene rings is 1. The third kappa shape index (κ3) is 5.19. The van der Waals surface area contributed by atoms with E-state index in [4.69, 9.17) is 16.3 Å². The number of rotatable bonds is 6. The second kappa shape index (κ2) is 8.05. The van der Waals surface area contributed by atoms with Gasteiger partial charge in [0.1, 0.15) is 5.75 Å². The first-order valence-corrected chi connectivity index (χ1v) is 8.58. The van der Waals surface area contributed by atoms with Gasteiger partial charge in [-0.15, -0.1) is 0 Å². The Kier molecular flexibility index (Phi) is 6.38. The number of hydrogen-bond acceptors (Lipinski definition) is 2. The number of ether oxygens (including phenoxy) is 1. The van der Waals surface area contributed by atoms with Gasteiger partial charge in [-0.1, -0.05) is 44.5 Å². The highest BCUT2D eigenvalue weighted by molar-refractivity contribution is 6.32. The average Bonchev–Trinajstić information content (AvgIpc) is 2.44. The van der Waals surface area contributed by atoms with Gasteiger partial charge in [0, 0.05) is 12.1 Å². The molecule has 118 valence electrons. The minimum Gasteiger partial charge on any atom is -0.489 e. The number of hydrogen-bond donors (Lipinski definition) is 1. The molecule has 1 aromatic rings. The van der Waals surface area contributed by atoms with Crippen molar-refractivity contribution in [2.45, 2.75) is 59.1 Å². The second-order valence-corrected chi connectivity index (χ2v) is 7.16. The van der Waals surface area contributed by atoms with Crippen molar-refractivity contribution >= 4 is 11.6 Å². The molecule has 1 aliphatic rings. The number of para-hydroxylation sites is 1. The Balaban J connectivity index is 1.99. The van der Waals surface area contributed by atoms with Gasteiger partial charge in [-0.2, -0.15) is 0 Å². The summed E-state index contributed by atoms with van der Waals surface area (Å²) >= 11 is 6.37. The van der Waals surface area contributed by atoms with Crippen LogP contribution in [-0.2, 0) is 6.54 Å². The zero-order valence-electron chi connectivity index (χ0n) is 13.5. The standard InChI is InChI=1S/C18H28ClNO/c1-13(2)11-20-12-15-5-4-6-17(19)18(15)21-16-9-7-14(3)8-10-16/h4-6,13-14,16,20H,7-12H2,1-3H3. The van der Waals surface area contributed by atoms with Crippen molar-refractivity contribution in [3.05, 3.63) is 28.8 Å². The molecule has 0 saturated heterocycles. The molecule has 3 heteroatoms. The number of halogens is 1. The Hall–Kier alpha value is -0.730. The molecule has 0 radical (unpaired) electrons. The molecular weight excluding hydrogens is 282 g/mol. The molecule has 0 unspecified atom stereocenters. The molecular formula is C18H28ClNO. The fourth-order valence-corrected chi connectivity index (χ4v) is 3.07. The van der Waals surface area contributed by atoms with Gasteiger partial charge >= 0.3 is 0 Å². The van der Waals surface area contributed by atoms with E-state index in [-0.39, 0.29) is 0 Å². The van der Waals surface area contributed by atoms with Gasteiger partial charge in [0.05, 0.1) is 11.1 Å². The molecule has 1 aromatic carbocycles. The first-order valence-electron chi connectivity index (χ1n) is 8.21. The Morgan fingerprint density at radius 3 is 2.62 bits per heavy atom. The molecule has 0 amide bonds. The highest BCUT2D eigenvalue weighted by Gasteiger charge is 2.21. The van der Waals surface area contributed by atoms with Crippen molar-refractivity contribution < 1.29 is 4.74 Å². The van der Waals surface area contributed by atoms with Crippen LogP contribution in [0.3, 0.4) is 0 Å². The predicted molar refractivity (Wildman–Crippen MR) is 90.0 cm³/mol. The summed E-state index contributed by atoms with van der Waals surface area (Å²) in [5.74, 6) is 2.37. The summed E-state index contributed by atoms with van der Waals surface area (Å²) in [7, 11) is 0. The molecule has 1 saturated carbocycles. The predicted octanol–water partition coefficient (Wildman–Crippen LogP) is 5.04. The van der Waals surface area contributed by atoms with E-state index in [2.05, 4.69) is 32.2 Å². The monoisotopic (exact) mass is 309 g/mol. The second-order valence-electron chi connectivity index (χ2n) is 6.75. The lowest BCUT2D eigenvalue weighted by atomic mass is 9.89. The lowest BCUT2D eigenvalue weighted by Gasteiger charge is -2.28. The maximum atomic E-state index is 6.37. The van der Waals surface area contributed by atoms with Crippen LogP contribution in [0, 0.1) is 11.8 Å². The van der Waals surface area contributed by atoms with Crippen molar-refractivity contribution in [2.24, 2.45) is 11.8 Å². The molecule has 0 heterocycles. The van der Waals surface area contributed by atoms with E-state index in [1.807, 2.05) is 12.1 Å². The first-order chi connectivity index (χ1) is 10.1.